The Balaban J connectivity index is 1.60. The van der Waals surface area contributed by atoms with Gasteiger partial charge in [-0.2, -0.15) is 5.10 Å². The Morgan fingerprint density at radius 1 is 0.714 bits per heavy atom. The Labute approximate surface area is 164 Å². The summed E-state index contributed by atoms with van der Waals surface area (Å²) >= 11 is 0. The van der Waals surface area contributed by atoms with E-state index in [0.29, 0.717) is 0 Å². The van der Waals surface area contributed by atoms with Gasteiger partial charge in [0.05, 0.1) is 11.9 Å². The van der Waals surface area contributed by atoms with E-state index in [1.807, 2.05) is 36.5 Å². The van der Waals surface area contributed by atoms with Crippen molar-refractivity contribution in [3.63, 3.8) is 0 Å². The highest BCUT2D eigenvalue weighted by Gasteiger charge is 2.21. The zero-order valence-corrected chi connectivity index (χ0v) is 15.4. The number of nitrogens with one attached hydrogen (secondary N) is 1. The fraction of sp³-hybridized carbons (Fsp3) is 0.0385. The molecule has 28 heavy (non-hydrogen) atoms. The smallest absolute Gasteiger partial charge is 0.0561 e. The second-order valence-corrected chi connectivity index (χ2v) is 6.99. The molecule has 134 valence electrons. The third-order valence-electron chi connectivity index (χ3n) is 5.30. The van der Waals surface area contributed by atoms with Gasteiger partial charge in [0.25, 0.3) is 0 Å². The first-order chi connectivity index (χ1) is 13.9. The number of rotatable bonds is 4. The number of allylic oxidation sites excluding steroid dienone is 1. The minimum absolute atomic E-state index is 0.249. The molecule has 4 aromatic carbocycles. The summed E-state index contributed by atoms with van der Waals surface area (Å²) in [7, 11) is 0. The predicted molar refractivity (Wildman–Crippen MR) is 119 cm³/mol. The standard InChI is InChI=1S/C26H20N2/c1-2-10-21(11-3-1)28-27-18-26-23-13-7-5-9-20(23)15-17-25(26)24-16-14-19-8-4-6-12-22(19)24/h1-18,24,28H/b27-18+. The monoisotopic (exact) mass is 360 g/mol. The van der Waals surface area contributed by atoms with Crippen molar-refractivity contribution < 1.29 is 0 Å². The van der Waals surface area contributed by atoms with Crippen molar-refractivity contribution in [3.05, 3.63) is 119 Å². The molecule has 4 aromatic rings. The lowest BCUT2D eigenvalue weighted by Crippen LogP contribution is -2.02. The molecule has 1 aliphatic rings. The topological polar surface area (TPSA) is 24.4 Å². The van der Waals surface area contributed by atoms with E-state index in [2.05, 4.69) is 83.3 Å². The lowest BCUT2D eigenvalue weighted by molar-refractivity contribution is 1.05. The van der Waals surface area contributed by atoms with E-state index in [1.54, 1.807) is 0 Å². The van der Waals surface area contributed by atoms with E-state index < -0.39 is 0 Å². The molecule has 5 rings (SSSR count). The maximum absolute atomic E-state index is 4.55. The fourth-order valence-corrected chi connectivity index (χ4v) is 3.93. The SMILES string of the molecule is C1=CC(c2ccc3ccccc3c2/C=N/Nc2ccccc2)c2ccccc21. The molecule has 0 saturated heterocycles. The Morgan fingerprint density at radius 2 is 1.50 bits per heavy atom. The van der Waals surface area contributed by atoms with Crippen LogP contribution in [0.3, 0.4) is 0 Å². The molecular formula is C26H20N2. The molecule has 0 aliphatic heterocycles. The van der Waals surface area contributed by atoms with Crippen molar-refractivity contribution in [1.82, 2.24) is 0 Å². The largest absolute Gasteiger partial charge is 0.279 e. The average Bonchev–Trinajstić information content (AvgIpc) is 3.18. The van der Waals surface area contributed by atoms with E-state index in [-0.39, 0.29) is 5.92 Å². The average molecular weight is 360 g/mol. The van der Waals surface area contributed by atoms with E-state index in [9.17, 15) is 0 Å². The van der Waals surface area contributed by atoms with Crippen molar-refractivity contribution in [3.8, 4) is 0 Å². The second kappa shape index (κ2) is 7.16. The van der Waals surface area contributed by atoms with Gasteiger partial charge in [-0.1, -0.05) is 91.0 Å². The molecule has 2 heteroatoms. The molecule has 0 aromatic heterocycles. The van der Waals surface area contributed by atoms with Crippen molar-refractivity contribution in [2.24, 2.45) is 5.10 Å². The number of hydrazone groups is 1. The van der Waals surface area contributed by atoms with Gasteiger partial charge < -0.3 is 0 Å². The first-order valence-corrected chi connectivity index (χ1v) is 9.53. The van der Waals surface area contributed by atoms with Crippen LogP contribution >= 0.6 is 0 Å². The van der Waals surface area contributed by atoms with E-state index in [4.69, 9.17) is 0 Å². The van der Waals surface area contributed by atoms with Gasteiger partial charge in [0.2, 0.25) is 0 Å². The van der Waals surface area contributed by atoms with Gasteiger partial charge in [-0.25, -0.2) is 0 Å². The Hall–Kier alpha value is -3.65. The maximum atomic E-state index is 4.55. The van der Waals surface area contributed by atoms with Crippen LogP contribution in [0.4, 0.5) is 5.69 Å². The van der Waals surface area contributed by atoms with Crippen molar-refractivity contribution in [1.29, 1.82) is 0 Å². The third kappa shape index (κ3) is 2.99. The quantitative estimate of drug-likeness (QED) is 0.328. The lowest BCUT2D eigenvalue weighted by Gasteiger charge is -2.16. The van der Waals surface area contributed by atoms with Crippen molar-refractivity contribution in [2.75, 3.05) is 5.43 Å². The molecule has 0 heterocycles. The highest BCUT2D eigenvalue weighted by atomic mass is 15.3. The Bertz CT molecular complexity index is 1190. The van der Waals surface area contributed by atoms with Crippen LogP contribution in [0.25, 0.3) is 16.8 Å². The van der Waals surface area contributed by atoms with Gasteiger partial charge >= 0.3 is 0 Å². The molecule has 1 unspecified atom stereocenters. The fourth-order valence-electron chi connectivity index (χ4n) is 3.93. The molecule has 1 atom stereocenters. The first-order valence-electron chi connectivity index (χ1n) is 9.53. The van der Waals surface area contributed by atoms with Gasteiger partial charge in [0, 0.05) is 11.5 Å². The number of anilines is 1. The van der Waals surface area contributed by atoms with Gasteiger partial charge in [0.15, 0.2) is 0 Å². The molecule has 0 bridgehead atoms. The maximum Gasteiger partial charge on any atom is 0.0561 e. The van der Waals surface area contributed by atoms with Crippen LogP contribution in [0.15, 0.2) is 102 Å². The molecule has 0 radical (unpaired) electrons. The number of benzene rings is 4. The second-order valence-electron chi connectivity index (χ2n) is 6.99. The van der Waals surface area contributed by atoms with Crippen LogP contribution in [0.5, 0.6) is 0 Å². The van der Waals surface area contributed by atoms with Crippen LogP contribution in [-0.2, 0) is 0 Å². The lowest BCUT2D eigenvalue weighted by atomic mass is 9.87. The van der Waals surface area contributed by atoms with E-state index in [0.717, 1.165) is 11.3 Å². The summed E-state index contributed by atoms with van der Waals surface area (Å²) in [4.78, 5) is 0. The van der Waals surface area contributed by atoms with Gasteiger partial charge in [-0.15, -0.1) is 0 Å². The minimum atomic E-state index is 0.249. The third-order valence-corrected chi connectivity index (χ3v) is 5.30. The number of hydrogen-bond acceptors (Lipinski definition) is 2. The van der Waals surface area contributed by atoms with E-state index >= 15 is 0 Å². The summed E-state index contributed by atoms with van der Waals surface area (Å²) in [5.74, 6) is 0.249. The number of nitrogens with zero attached hydrogens (tertiary/aromatic N) is 1. The minimum Gasteiger partial charge on any atom is -0.279 e. The predicted octanol–water partition coefficient (Wildman–Crippen LogP) is 6.44. The first kappa shape index (κ1) is 16.5. The van der Waals surface area contributed by atoms with Crippen molar-refractivity contribution in [2.45, 2.75) is 5.92 Å². The molecule has 1 aliphatic carbocycles. The van der Waals surface area contributed by atoms with Crippen LogP contribution in [0, 0.1) is 0 Å². The summed E-state index contributed by atoms with van der Waals surface area (Å²) in [6, 6.07) is 31.6. The molecule has 2 nitrogen and oxygen atoms in total. The number of hydrogen-bond donors (Lipinski definition) is 1. The van der Waals surface area contributed by atoms with Crippen LogP contribution in [0.2, 0.25) is 0 Å². The number of para-hydroxylation sites is 1. The molecular weight excluding hydrogens is 340 g/mol. The summed E-state index contributed by atoms with van der Waals surface area (Å²) in [6.45, 7) is 0. The zero-order valence-electron chi connectivity index (χ0n) is 15.4. The Kier molecular flexibility index (Phi) is 4.23. The molecule has 0 amide bonds. The van der Waals surface area contributed by atoms with Crippen LogP contribution in [-0.4, -0.2) is 6.21 Å². The van der Waals surface area contributed by atoms with Crippen molar-refractivity contribution >= 4 is 28.8 Å². The number of fused-ring (bicyclic) bond motifs is 2. The summed E-state index contributed by atoms with van der Waals surface area (Å²) in [5.41, 5.74) is 9.21. The van der Waals surface area contributed by atoms with Gasteiger partial charge in [-0.3, -0.25) is 5.43 Å². The van der Waals surface area contributed by atoms with E-state index in [1.165, 1.54) is 27.5 Å². The summed E-state index contributed by atoms with van der Waals surface area (Å²) in [6.07, 6.45) is 6.47. The summed E-state index contributed by atoms with van der Waals surface area (Å²) in [5, 5.41) is 6.99. The molecule has 1 N–H and O–H groups in total. The molecule has 0 saturated carbocycles. The summed E-state index contributed by atoms with van der Waals surface area (Å²) < 4.78 is 0. The highest BCUT2D eigenvalue weighted by molar-refractivity contribution is 6.02. The van der Waals surface area contributed by atoms with Crippen LogP contribution in [0.1, 0.15) is 28.2 Å². The zero-order chi connectivity index (χ0) is 18.8. The highest BCUT2D eigenvalue weighted by Crippen LogP contribution is 2.38. The van der Waals surface area contributed by atoms with Gasteiger partial charge in [0.1, 0.15) is 0 Å². The normalized spacial score (nSPS) is 15.2. The van der Waals surface area contributed by atoms with Crippen LogP contribution < -0.4 is 5.43 Å². The molecule has 0 fully saturated rings. The Morgan fingerprint density at radius 3 is 2.43 bits per heavy atom. The van der Waals surface area contributed by atoms with Gasteiger partial charge in [-0.05, 0) is 39.6 Å². The molecule has 0 spiro atoms.